The normalized spacial score (nSPS) is 21.9. The van der Waals surface area contributed by atoms with Crippen molar-refractivity contribution in [1.82, 2.24) is 9.88 Å². The van der Waals surface area contributed by atoms with E-state index < -0.39 is 9.84 Å². The molecule has 2 bridgehead atoms. The number of nitrogens with zero attached hydrogens (tertiary/aromatic N) is 1. The summed E-state index contributed by atoms with van der Waals surface area (Å²) in [6, 6.07) is 12.9. The van der Waals surface area contributed by atoms with Crippen LogP contribution in [0.15, 0.2) is 52.3 Å². The first-order valence-corrected chi connectivity index (χ1v) is 10.7. The molecule has 1 saturated heterocycles. The van der Waals surface area contributed by atoms with E-state index >= 15 is 0 Å². The van der Waals surface area contributed by atoms with Crippen LogP contribution in [0.3, 0.4) is 0 Å². The standard InChI is InChI=1S/C20H19ClN2O2S/c1-23-17-9-7-13(26(24,25)19-5-3-2-4-15(19)21)11-14(17)20-16-8-6-12(22-16)10-18(20)23/h2-5,7,9,11-12,16,22H,6,8,10H2,1H3. The second-order valence-electron chi connectivity index (χ2n) is 7.23. The Morgan fingerprint density at radius 3 is 2.77 bits per heavy atom. The molecule has 2 unspecified atom stereocenters. The fraction of sp³-hybridized carbons (Fsp3) is 0.300. The lowest BCUT2D eigenvalue weighted by atomic mass is 9.99. The number of sulfone groups is 1. The minimum Gasteiger partial charge on any atom is -0.347 e. The summed E-state index contributed by atoms with van der Waals surface area (Å²) >= 11 is 6.15. The lowest BCUT2D eigenvalue weighted by Crippen LogP contribution is -2.32. The van der Waals surface area contributed by atoms with Gasteiger partial charge in [-0.05, 0) is 48.7 Å². The minimum atomic E-state index is -3.65. The molecule has 1 fully saturated rings. The predicted octanol–water partition coefficient (Wildman–Crippen LogP) is 4.01. The van der Waals surface area contributed by atoms with E-state index in [0.717, 1.165) is 23.7 Å². The van der Waals surface area contributed by atoms with Gasteiger partial charge in [0.05, 0.1) is 14.8 Å². The third-order valence-electron chi connectivity index (χ3n) is 5.80. The Morgan fingerprint density at radius 2 is 1.96 bits per heavy atom. The number of hydrogen-bond acceptors (Lipinski definition) is 3. The predicted molar refractivity (Wildman–Crippen MR) is 102 cm³/mol. The van der Waals surface area contributed by atoms with Gasteiger partial charge >= 0.3 is 0 Å². The van der Waals surface area contributed by atoms with Gasteiger partial charge in [0.1, 0.15) is 0 Å². The molecule has 2 aliphatic heterocycles. The van der Waals surface area contributed by atoms with Gasteiger partial charge in [-0.15, -0.1) is 0 Å². The summed E-state index contributed by atoms with van der Waals surface area (Å²) in [5.41, 5.74) is 3.69. The number of nitrogens with one attached hydrogen (secondary N) is 1. The highest BCUT2D eigenvalue weighted by molar-refractivity contribution is 7.91. The summed E-state index contributed by atoms with van der Waals surface area (Å²) in [6.45, 7) is 0. The maximum Gasteiger partial charge on any atom is 0.208 e. The second-order valence-corrected chi connectivity index (χ2v) is 9.56. The second kappa shape index (κ2) is 5.59. The van der Waals surface area contributed by atoms with Gasteiger partial charge in [-0.3, -0.25) is 0 Å². The van der Waals surface area contributed by atoms with Crippen LogP contribution in [0.1, 0.15) is 30.1 Å². The Balaban J connectivity index is 1.73. The molecule has 3 aromatic rings. The fourth-order valence-corrected chi connectivity index (χ4v) is 6.34. The molecule has 4 nitrogen and oxygen atoms in total. The number of benzene rings is 2. The zero-order chi connectivity index (χ0) is 18.1. The van der Waals surface area contributed by atoms with Gasteiger partial charge in [0.2, 0.25) is 9.84 Å². The number of hydrogen-bond donors (Lipinski definition) is 1. The average Bonchev–Trinajstić information content (AvgIpc) is 3.14. The molecule has 1 N–H and O–H groups in total. The Hall–Kier alpha value is -1.82. The van der Waals surface area contributed by atoms with E-state index in [0.29, 0.717) is 17.0 Å². The molecule has 0 aliphatic carbocycles. The summed E-state index contributed by atoms with van der Waals surface area (Å²) in [4.78, 5) is 0.455. The van der Waals surface area contributed by atoms with Crippen LogP contribution in [0.25, 0.3) is 10.9 Å². The molecule has 0 radical (unpaired) electrons. The number of aryl methyl sites for hydroxylation is 1. The third-order valence-corrected chi connectivity index (χ3v) is 8.05. The van der Waals surface area contributed by atoms with Crippen molar-refractivity contribution in [2.24, 2.45) is 7.05 Å². The molecule has 134 valence electrons. The SMILES string of the molecule is Cn1c2c(c3cc(S(=O)(=O)c4ccccc4Cl)ccc31)C1CCC(C2)N1. The van der Waals surface area contributed by atoms with Crippen molar-refractivity contribution in [2.45, 2.75) is 41.1 Å². The number of halogens is 1. The molecule has 1 aromatic heterocycles. The van der Waals surface area contributed by atoms with Crippen LogP contribution in [0, 0.1) is 0 Å². The van der Waals surface area contributed by atoms with Gasteiger partial charge in [-0.2, -0.15) is 0 Å². The zero-order valence-corrected chi connectivity index (χ0v) is 15.9. The van der Waals surface area contributed by atoms with E-state index in [4.69, 9.17) is 11.6 Å². The third kappa shape index (κ3) is 2.20. The quantitative estimate of drug-likeness (QED) is 0.723. The Bertz CT molecular complexity index is 1150. The van der Waals surface area contributed by atoms with E-state index in [1.54, 1.807) is 30.3 Å². The summed E-state index contributed by atoms with van der Waals surface area (Å²) < 4.78 is 28.5. The number of aromatic nitrogens is 1. The first-order chi connectivity index (χ1) is 12.5. The van der Waals surface area contributed by atoms with Crippen LogP contribution in [0.4, 0.5) is 0 Å². The molecule has 5 rings (SSSR count). The highest BCUT2D eigenvalue weighted by Crippen LogP contribution is 2.42. The van der Waals surface area contributed by atoms with Crippen molar-refractivity contribution in [2.75, 3.05) is 0 Å². The molecule has 6 heteroatoms. The fourth-order valence-electron chi connectivity index (χ4n) is 4.54. The molecule has 0 amide bonds. The highest BCUT2D eigenvalue weighted by Gasteiger charge is 2.36. The van der Waals surface area contributed by atoms with E-state index in [1.807, 2.05) is 12.1 Å². The van der Waals surface area contributed by atoms with Crippen molar-refractivity contribution in [3.63, 3.8) is 0 Å². The molecule has 2 aliphatic rings. The Morgan fingerprint density at radius 1 is 1.15 bits per heavy atom. The number of rotatable bonds is 2. The summed E-state index contributed by atoms with van der Waals surface area (Å²) in [7, 11) is -1.58. The maximum atomic E-state index is 13.1. The zero-order valence-electron chi connectivity index (χ0n) is 14.4. The first-order valence-electron chi connectivity index (χ1n) is 8.83. The molecule has 26 heavy (non-hydrogen) atoms. The first kappa shape index (κ1) is 16.4. The van der Waals surface area contributed by atoms with Crippen molar-refractivity contribution < 1.29 is 8.42 Å². The van der Waals surface area contributed by atoms with Gasteiger partial charge in [-0.1, -0.05) is 23.7 Å². The van der Waals surface area contributed by atoms with Crippen LogP contribution >= 0.6 is 11.6 Å². The molecule has 0 spiro atoms. The monoisotopic (exact) mass is 386 g/mol. The van der Waals surface area contributed by atoms with Crippen molar-refractivity contribution >= 4 is 32.3 Å². The average molecular weight is 387 g/mol. The van der Waals surface area contributed by atoms with Gasteiger partial charge in [0.25, 0.3) is 0 Å². The van der Waals surface area contributed by atoms with Crippen LogP contribution in [0.5, 0.6) is 0 Å². The van der Waals surface area contributed by atoms with E-state index in [1.165, 1.54) is 17.7 Å². The molecule has 0 saturated carbocycles. The molecule has 2 atom stereocenters. The topological polar surface area (TPSA) is 51.1 Å². The molecular formula is C20H19ClN2O2S. The van der Waals surface area contributed by atoms with Crippen LogP contribution in [-0.4, -0.2) is 19.0 Å². The van der Waals surface area contributed by atoms with Crippen LogP contribution < -0.4 is 5.32 Å². The van der Waals surface area contributed by atoms with Crippen LogP contribution in [-0.2, 0) is 23.3 Å². The maximum absolute atomic E-state index is 13.1. The van der Waals surface area contributed by atoms with E-state index in [9.17, 15) is 8.42 Å². The largest absolute Gasteiger partial charge is 0.347 e. The summed E-state index contributed by atoms with van der Waals surface area (Å²) in [6.07, 6.45) is 3.29. The van der Waals surface area contributed by atoms with Gasteiger partial charge in [0.15, 0.2) is 0 Å². The van der Waals surface area contributed by atoms with Crippen molar-refractivity contribution in [1.29, 1.82) is 0 Å². The van der Waals surface area contributed by atoms with Crippen molar-refractivity contribution in [3.05, 3.63) is 58.7 Å². The lowest BCUT2D eigenvalue weighted by molar-refractivity contribution is 0.503. The molecule has 2 aromatic carbocycles. The van der Waals surface area contributed by atoms with Crippen molar-refractivity contribution in [3.8, 4) is 0 Å². The lowest BCUT2D eigenvalue weighted by Gasteiger charge is -2.23. The summed E-state index contributed by atoms with van der Waals surface area (Å²) in [5, 5.41) is 4.96. The smallest absolute Gasteiger partial charge is 0.208 e. The number of fused-ring (bicyclic) bond motifs is 6. The minimum absolute atomic E-state index is 0.157. The molecule has 3 heterocycles. The Labute approximate surface area is 157 Å². The van der Waals surface area contributed by atoms with Gasteiger partial charge < -0.3 is 9.88 Å². The Kier molecular flexibility index (Phi) is 3.52. The highest BCUT2D eigenvalue weighted by atomic mass is 35.5. The summed E-state index contributed by atoms with van der Waals surface area (Å²) in [5.74, 6) is 0. The van der Waals surface area contributed by atoms with E-state index in [-0.39, 0.29) is 9.92 Å². The van der Waals surface area contributed by atoms with Gasteiger partial charge in [0, 0.05) is 42.1 Å². The van der Waals surface area contributed by atoms with E-state index in [2.05, 4.69) is 16.9 Å². The van der Waals surface area contributed by atoms with Crippen LogP contribution in [0.2, 0.25) is 5.02 Å². The molecular weight excluding hydrogens is 368 g/mol. The van der Waals surface area contributed by atoms with Gasteiger partial charge in [-0.25, -0.2) is 8.42 Å².